The van der Waals surface area contributed by atoms with Gasteiger partial charge in [0.2, 0.25) is 0 Å². The summed E-state index contributed by atoms with van der Waals surface area (Å²) in [5.74, 6) is 3.13. The van der Waals surface area contributed by atoms with E-state index in [1.807, 2.05) is 36.4 Å². The van der Waals surface area contributed by atoms with Crippen molar-refractivity contribution in [2.75, 3.05) is 46.4 Å². The van der Waals surface area contributed by atoms with Gasteiger partial charge in [-0.3, -0.25) is 4.99 Å². The fourth-order valence-corrected chi connectivity index (χ4v) is 3.65. The molecule has 1 unspecified atom stereocenters. The quantitative estimate of drug-likeness (QED) is 0.328. The molecule has 0 amide bonds. The molecule has 30 heavy (non-hydrogen) atoms. The lowest BCUT2D eigenvalue weighted by molar-refractivity contribution is 0.351. The van der Waals surface area contributed by atoms with Crippen molar-refractivity contribution >= 4 is 35.6 Å². The Morgan fingerprint density at radius 3 is 2.47 bits per heavy atom. The topological polar surface area (TPSA) is 67.4 Å². The maximum absolute atomic E-state index is 5.51. The van der Waals surface area contributed by atoms with E-state index < -0.39 is 0 Å². The van der Waals surface area contributed by atoms with Crippen LogP contribution in [-0.4, -0.2) is 53.5 Å². The highest BCUT2D eigenvalue weighted by Gasteiger charge is 2.25. The highest BCUT2D eigenvalue weighted by molar-refractivity contribution is 14.0. The summed E-state index contributed by atoms with van der Waals surface area (Å²) in [7, 11) is 6.79. The SMILES string of the molecule is CN=C(NCc1cccc(OC)c1OC)NC1CCN(c2ccccc2OC)C1.I. The summed E-state index contributed by atoms with van der Waals surface area (Å²) in [5, 5.41) is 6.90. The van der Waals surface area contributed by atoms with Gasteiger partial charge in [-0.25, -0.2) is 0 Å². The molecule has 164 valence electrons. The Morgan fingerprint density at radius 2 is 1.77 bits per heavy atom. The second-order valence-corrected chi connectivity index (χ2v) is 6.83. The fourth-order valence-electron chi connectivity index (χ4n) is 3.65. The third-order valence-electron chi connectivity index (χ3n) is 5.11. The molecule has 0 spiro atoms. The average molecular weight is 526 g/mol. The molecule has 0 bridgehead atoms. The number of guanidine groups is 1. The van der Waals surface area contributed by atoms with Gasteiger partial charge >= 0.3 is 0 Å². The van der Waals surface area contributed by atoms with E-state index in [0.717, 1.165) is 54.0 Å². The van der Waals surface area contributed by atoms with Crippen LogP contribution in [0.5, 0.6) is 17.2 Å². The molecule has 0 saturated carbocycles. The van der Waals surface area contributed by atoms with E-state index >= 15 is 0 Å². The summed E-state index contributed by atoms with van der Waals surface area (Å²) in [6.07, 6.45) is 1.03. The molecule has 2 aromatic carbocycles. The smallest absolute Gasteiger partial charge is 0.191 e. The second kappa shape index (κ2) is 11.7. The normalized spacial score (nSPS) is 15.9. The number of aliphatic imine (C=N–C) groups is 1. The molecule has 7 nitrogen and oxygen atoms in total. The molecule has 2 aromatic rings. The molecule has 8 heteroatoms. The molecule has 0 aliphatic carbocycles. The van der Waals surface area contributed by atoms with E-state index in [2.05, 4.69) is 26.6 Å². The Bertz CT molecular complexity index is 847. The van der Waals surface area contributed by atoms with Crippen molar-refractivity contribution in [2.45, 2.75) is 19.0 Å². The Morgan fingerprint density at radius 1 is 1.03 bits per heavy atom. The van der Waals surface area contributed by atoms with Crippen molar-refractivity contribution in [3.05, 3.63) is 48.0 Å². The minimum Gasteiger partial charge on any atom is -0.495 e. The first kappa shape index (κ1) is 23.9. The van der Waals surface area contributed by atoms with Crippen molar-refractivity contribution in [3.63, 3.8) is 0 Å². The summed E-state index contributed by atoms with van der Waals surface area (Å²) in [4.78, 5) is 6.72. The van der Waals surface area contributed by atoms with E-state index in [-0.39, 0.29) is 24.0 Å². The summed E-state index contributed by atoms with van der Waals surface area (Å²) < 4.78 is 16.4. The van der Waals surface area contributed by atoms with Gasteiger partial charge in [0.1, 0.15) is 5.75 Å². The van der Waals surface area contributed by atoms with Crippen LogP contribution in [0.3, 0.4) is 0 Å². The number of nitrogens with one attached hydrogen (secondary N) is 2. The number of anilines is 1. The standard InChI is InChI=1S/C22H30N4O3.HI/c1-23-22(24-14-16-8-7-11-20(28-3)21(16)29-4)25-17-12-13-26(15-17)18-9-5-6-10-19(18)27-2;/h5-11,17H,12-15H2,1-4H3,(H2,23,24,25);1H. The van der Waals surface area contributed by atoms with E-state index in [1.165, 1.54) is 0 Å². The zero-order valence-electron chi connectivity index (χ0n) is 18.0. The molecule has 3 rings (SSSR count). The predicted molar refractivity (Wildman–Crippen MR) is 132 cm³/mol. The van der Waals surface area contributed by atoms with E-state index in [1.54, 1.807) is 28.4 Å². The van der Waals surface area contributed by atoms with Gasteiger partial charge in [0.05, 0.1) is 27.0 Å². The number of ether oxygens (including phenoxy) is 3. The van der Waals surface area contributed by atoms with Crippen LogP contribution in [0.2, 0.25) is 0 Å². The molecule has 0 aromatic heterocycles. The van der Waals surface area contributed by atoms with Gasteiger partial charge in [-0.05, 0) is 24.6 Å². The lowest BCUT2D eigenvalue weighted by Gasteiger charge is -2.22. The Hall–Kier alpha value is -2.36. The predicted octanol–water partition coefficient (Wildman–Crippen LogP) is 3.27. The average Bonchev–Trinajstić information content (AvgIpc) is 3.24. The Balaban J connectivity index is 0.00000320. The summed E-state index contributed by atoms with van der Waals surface area (Å²) in [6.45, 7) is 2.45. The number of halogens is 1. The molecule has 2 N–H and O–H groups in total. The van der Waals surface area contributed by atoms with Crippen molar-refractivity contribution in [2.24, 2.45) is 4.99 Å². The van der Waals surface area contributed by atoms with Gasteiger partial charge in [-0.1, -0.05) is 24.3 Å². The van der Waals surface area contributed by atoms with Gasteiger partial charge < -0.3 is 29.7 Å². The Kier molecular flexibility index (Phi) is 9.35. The summed E-state index contributed by atoms with van der Waals surface area (Å²) in [5.41, 5.74) is 2.14. The van der Waals surface area contributed by atoms with Crippen LogP contribution in [0.1, 0.15) is 12.0 Å². The van der Waals surface area contributed by atoms with Crippen LogP contribution >= 0.6 is 24.0 Å². The zero-order valence-corrected chi connectivity index (χ0v) is 20.3. The third-order valence-corrected chi connectivity index (χ3v) is 5.11. The van der Waals surface area contributed by atoms with Crippen LogP contribution in [0.4, 0.5) is 5.69 Å². The highest BCUT2D eigenvalue weighted by Crippen LogP contribution is 2.31. The second-order valence-electron chi connectivity index (χ2n) is 6.83. The van der Waals surface area contributed by atoms with Crippen molar-refractivity contribution in [3.8, 4) is 17.2 Å². The van der Waals surface area contributed by atoms with Crippen LogP contribution in [-0.2, 0) is 6.54 Å². The first-order valence-electron chi connectivity index (χ1n) is 9.75. The van der Waals surface area contributed by atoms with Gasteiger partial charge in [0.25, 0.3) is 0 Å². The number of benzene rings is 2. The molecule has 1 aliphatic rings. The largest absolute Gasteiger partial charge is 0.495 e. The lowest BCUT2D eigenvalue weighted by Crippen LogP contribution is -2.44. The maximum atomic E-state index is 5.51. The highest BCUT2D eigenvalue weighted by atomic mass is 127. The number of hydrogen-bond acceptors (Lipinski definition) is 5. The van der Waals surface area contributed by atoms with Crippen LogP contribution in [0.15, 0.2) is 47.5 Å². The fraction of sp³-hybridized carbons (Fsp3) is 0.409. The van der Waals surface area contributed by atoms with Crippen molar-refractivity contribution in [1.29, 1.82) is 0 Å². The number of nitrogens with zero attached hydrogens (tertiary/aromatic N) is 2. The minimum absolute atomic E-state index is 0. The molecular formula is C22H31IN4O3. The first-order valence-corrected chi connectivity index (χ1v) is 9.75. The van der Waals surface area contributed by atoms with Crippen LogP contribution in [0, 0.1) is 0 Å². The van der Waals surface area contributed by atoms with Gasteiger partial charge in [-0.2, -0.15) is 0 Å². The zero-order chi connectivity index (χ0) is 20.6. The third kappa shape index (κ3) is 5.62. The van der Waals surface area contributed by atoms with Crippen LogP contribution in [0.25, 0.3) is 0 Å². The molecule has 1 fully saturated rings. The molecular weight excluding hydrogens is 495 g/mol. The summed E-state index contributed by atoms with van der Waals surface area (Å²) >= 11 is 0. The van der Waals surface area contributed by atoms with Gasteiger partial charge in [-0.15, -0.1) is 24.0 Å². The number of rotatable bonds is 7. The molecule has 1 heterocycles. The van der Waals surface area contributed by atoms with Crippen molar-refractivity contribution < 1.29 is 14.2 Å². The summed E-state index contributed by atoms with van der Waals surface area (Å²) in [6, 6.07) is 14.3. The van der Waals surface area contributed by atoms with Crippen LogP contribution < -0.4 is 29.7 Å². The number of hydrogen-bond donors (Lipinski definition) is 2. The van der Waals surface area contributed by atoms with E-state index in [9.17, 15) is 0 Å². The van der Waals surface area contributed by atoms with Crippen molar-refractivity contribution in [1.82, 2.24) is 10.6 Å². The monoisotopic (exact) mass is 526 g/mol. The minimum atomic E-state index is 0. The van der Waals surface area contributed by atoms with E-state index in [4.69, 9.17) is 14.2 Å². The molecule has 0 radical (unpaired) electrons. The molecule has 1 aliphatic heterocycles. The Labute approximate surface area is 195 Å². The van der Waals surface area contributed by atoms with Gasteiger partial charge in [0.15, 0.2) is 17.5 Å². The van der Waals surface area contributed by atoms with Gasteiger partial charge in [0, 0.05) is 38.3 Å². The molecule has 1 saturated heterocycles. The van der Waals surface area contributed by atoms with E-state index in [0.29, 0.717) is 12.6 Å². The number of para-hydroxylation sites is 3. The number of methoxy groups -OCH3 is 3. The lowest BCUT2D eigenvalue weighted by atomic mass is 10.2. The maximum Gasteiger partial charge on any atom is 0.191 e. The molecule has 1 atom stereocenters. The first-order chi connectivity index (χ1) is 14.2.